The van der Waals surface area contributed by atoms with E-state index in [-0.39, 0.29) is 18.0 Å². The molecule has 0 fully saturated rings. The van der Waals surface area contributed by atoms with Crippen LogP contribution in [0.5, 0.6) is 0 Å². The fourth-order valence-corrected chi connectivity index (χ4v) is 4.10. The molecule has 0 spiro atoms. The molecule has 0 unspecified atom stereocenters. The van der Waals surface area contributed by atoms with E-state index in [1.807, 2.05) is 61.5 Å². The van der Waals surface area contributed by atoms with Crippen LogP contribution >= 0.6 is 11.3 Å². The Kier molecular flexibility index (Phi) is 5.51. The molecule has 0 saturated heterocycles. The minimum atomic E-state index is -0.348. The number of fused-ring (bicyclic) bond motifs is 1. The Morgan fingerprint density at radius 2 is 1.61 bits per heavy atom. The summed E-state index contributed by atoms with van der Waals surface area (Å²) >= 11 is 1.69. The molecule has 1 amide bonds. The van der Waals surface area contributed by atoms with Crippen molar-refractivity contribution in [3.8, 4) is 0 Å². The second-order valence-corrected chi connectivity index (χ2v) is 7.78. The zero-order chi connectivity index (χ0) is 19.3. The Morgan fingerprint density at radius 1 is 0.857 bits per heavy atom. The predicted molar refractivity (Wildman–Crippen MR) is 118 cm³/mol. The summed E-state index contributed by atoms with van der Waals surface area (Å²) in [6, 6.07) is 28.1. The lowest BCUT2D eigenvalue weighted by Crippen LogP contribution is -2.40. The van der Waals surface area contributed by atoms with Crippen molar-refractivity contribution in [3.05, 3.63) is 101 Å². The molecular formula is C24H22N2OS. The van der Waals surface area contributed by atoms with Gasteiger partial charge in [-0.05, 0) is 46.8 Å². The minimum absolute atomic E-state index is 0.0152. The van der Waals surface area contributed by atoms with Gasteiger partial charge >= 0.3 is 0 Å². The van der Waals surface area contributed by atoms with E-state index in [9.17, 15) is 4.79 Å². The first-order chi connectivity index (χ1) is 13.7. The first-order valence-corrected chi connectivity index (χ1v) is 10.2. The molecule has 4 aromatic rings. The van der Waals surface area contributed by atoms with Crippen molar-refractivity contribution in [1.29, 1.82) is 0 Å². The standard InChI is InChI=1S/C24H22N2OS/c1-17(24(27)26-21-14-13-18-8-5-6-11-20(18)16-21)25-23(22-12-7-15-28-22)19-9-3-2-4-10-19/h2-17,23,25H,1H3,(H,26,27)/t17-,23+/m1/s1. The molecular weight excluding hydrogens is 364 g/mol. The van der Waals surface area contributed by atoms with Gasteiger partial charge in [0.2, 0.25) is 5.91 Å². The summed E-state index contributed by atoms with van der Waals surface area (Å²) < 4.78 is 0. The van der Waals surface area contributed by atoms with Crippen molar-refractivity contribution < 1.29 is 4.79 Å². The third-order valence-electron chi connectivity index (χ3n) is 4.79. The molecule has 4 rings (SSSR count). The van der Waals surface area contributed by atoms with E-state index >= 15 is 0 Å². The van der Waals surface area contributed by atoms with Crippen molar-refractivity contribution in [2.45, 2.75) is 19.0 Å². The number of hydrogen-bond donors (Lipinski definition) is 2. The van der Waals surface area contributed by atoms with E-state index in [0.29, 0.717) is 0 Å². The molecule has 1 aromatic heterocycles. The van der Waals surface area contributed by atoms with E-state index in [2.05, 4.69) is 46.3 Å². The number of carbonyl (C=O) groups excluding carboxylic acids is 1. The van der Waals surface area contributed by atoms with Crippen molar-refractivity contribution in [3.63, 3.8) is 0 Å². The van der Waals surface area contributed by atoms with Crippen molar-refractivity contribution in [1.82, 2.24) is 5.32 Å². The molecule has 0 bridgehead atoms. The second kappa shape index (κ2) is 8.38. The third-order valence-corrected chi connectivity index (χ3v) is 5.72. The highest BCUT2D eigenvalue weighted by Crippen LogP contribution is 2.26. The van der Waals surface area contributed by atoms with Gasteiger partial charge in [-0.25, -0.2) is 0 Å². The molecule has 1 heterocycles. The molecule has 4 heteroatoms. The lowest BCUT2D eigenvalue weighted by molar-refractivity contribution is -0.117. The van der Waals surface area contributed by atoms with Crippen molar-refractivity contribution >= 4 is 33.7 Å². The summed E-state index contributed by atoms with van der Waals surface area (Å²) in [4.78, 5) is 14.0. The van der Waals surface area contributed by atoms with Gasteiger partial charge in [-0.1, -0.05) is 66.7 Å². The van der Waals surface area contributed by atoms with Crippen LogP contribution in [0.25, 0.3) is 10.8 Å². The van der Waals surface area contributed by atoms with Crippen LogP contribution in [0, 0.1) is 0 Å². The van der Waals surface area contributed by atoms with Gasteiger partial charge in [0.05, 0.1) is 12.1 Å². The van der Waals surface area contributed by atoms with Gasteiger partial charge in [-0.3, -0.25) is 10.1 Å². The van der Waals surface area contributed by atoms with Crippen molar-refractivity contribution in [2.24, 2.45) is 0 Å². The third kappa shape index (κ3) is 4.14. The zero-order valence-corrected chi connectivity index (χ0v) is 16.4. The van der Waals surface area contributed by atoms with Gasteiger partial charge in [0.25, 0.3) is 0 Å². The summed E-state index contributed by atoms with van der Waals surface area (Å²) in [6.45, 7) is 1.90. The first-order valence-electron chi connectivity index (χ1n) is 9.35. The number of hydrogen-bond acceptors (Lipinski definition) is 3. The highest BCUT2D eigenvalue weighted by atomic mass is 32.1. The van der Waals surface area contributed by atoms with E-state index in [1.54, 1.807) is 11.3 Å². The average Bonchev–Trinajstić information content (AvgIpc) is 3.27. The Labute approximate surface area is 169 Å². The molecule has 28 heavy (non-hydrogen) atoms. The normalized spacial score (nSPS) is 13.2. The molecule has 0 aliphatic rings. The minimum Gasteiger partial charge on any atom is -0.325 e. The molecule has 3 aromatic carbocycles. The number of rotatable bonds is 6. The fourth-order valence-electron chi connectivity index (χ4n) is 3.29. The topological polar surface area (TPSA) is 41.1 Å². The Morgan fingerprint density at radius 3 is 2.36 bits per heavy atom. The molecule has 0 aliphatic carbocycles. The number of benzene rings is 3. The molecule has 140 valence electrons. The van der Waals surface area contributed by atoms with Crippen LogP contribution in [0.15, 0.2) is 90.3 Å². The van der Waals surface area contributed by atoms with E-state index in [1.165, 1.54) is 4.88 Å². The molecule has 2 atom stereocenters. The molecule has 2 N–H and O–H groups in total. The Bertz CT molecular complexity index is 1060. The van der Waals surface area contributed by atoms with Crippen molar-refractivity contribution in [2.75, 3.05) is 5.32 Å². The Balaban J connectivity index is 1.50. The maximum Gasteiger partial charge on any atom is 0.241 e. The number of amides is 1. The monoisotopic (exact) mass is 386 g/mol. The number of carbonyl (C=O) groups is 1. The predicted octanol–water partition coefficient (Wildman–Crippen LogP) is 5.61. The summed E-state index contributed by atoms with van der Waals surface area (Å²) in [5, 5.41) is 10.9. The number of nitrogens with one attached hydrogen (secondary N) is 2. The van der Waals surface area contributed by atoms with Gasteiger partial charge in [-0.2, -0.15) is 0 Å². The van der Waals surface area contributed by atoms with E-state index in [4.69, 9.17) is 0 Å². The smallest absolute Gasteiger partial charge is 0.241 e. The van der Waals surface area contributed by atoms with Gasteiger partial charge in [0.15, 0.2) is 0 Å². The maximum absolute atomic E-state index is 12.8. The number of thiophene rings is 1. The van der Waals surface area contributed by atoms with Crippen LogP contribution in [-0.4, -0.2) is 11.9 Å². The largest absolute Gasteiger partial charge is 0.325 e. The number of anilines is 1. The second-order valence-electron chi connectivity index (χ2n) is 6.80. The summed E-state index contributed by atoms with van der Waals surface area (Å²) in [7, 11) is 0. The first kappa shape index (κ1) is 18.4. The lowest BCUT2D eigenvalue weighted by atomic mass is 10.0. The highest BCUT2D eigenvalue weighted by molar-refractivity contribution is 7.10. The highest BCUT2D eigenvalue weighted by Gasteiger charge is 2.21. The summed E-state index contributed by atoms with van der Waals surface area (Å²) in [5.74, 6) is -0.0484. The lowest BCUT2D eigenvalue weighted by Gasteiger charge is -2.22. The van der Waals surface area contributed by atoms with Gasteiger partial charge in [-0.15, -0.1) is 11.3 Å². The van der Waals surface area contributed by atoms with Crippen LogP contribution < -0.4 is 10.6 Å². The van der Waals surface area contributed by atoms with E-state index in [0.717, 1.165) is 22.0 Å². The van der Waals surface area contributed by atoms with Crippen LogP contribution in [0.4, 0.5) is 5.69 Å². The molecule has 0 saturated carbocycles. The molecule has 0 radical (unpaired) electrons. The summed E-state index contributed by atoms with van der Waals surface area (Å²) in [6.07, 6.45) is 0. The zero-order valence-electron chi connectivity index (χ0n) is 15.6. The SMILES string of the molecule is C[C@@H](N[C@@H](c1ccccc1)c1cccs1)C(=O)Nc1ccc2ccccc2c1. The Hall–Kier alpha value is -2.95. The van der Waals surface area contributed by atoms with Gasteiger partial charge < -0.3 is 5.32 Å². The summed E-state index contributed by atoms with van der Waals surface area (Å²) in [5.41, 5.74) is 1.96. The van der Waals surface area contributed by atoms with Crippen LogP contribution in [-0.2, 0) is 4.79 Å². The average molecular weight is 387 g/mol. The van der Waals surface area contributed by atoms with Crippen LogP contribution in [0.2, 0.25) is 0 Å². The van der Waals surface area contributed by atoms with Gasteiger partial charge in [0.1, 0.15) is 0 Å². The fraction of sp³-hybridized carbons (Fsp3) is 0.125. The van der Waals surface area contributed by atoms with Crippen LogP contribution in [0.1, 0.15) is 23.4 Å². The maximum atomic E-state index is 12.8. The molecule has 3 nitrogen and oxygen atoms in total. The quantitative estimate of drug-likeness (QED) is 0.452. The molecule has 0 aliphatic heterocycles. The van der Waals surface area contributed by atoms with Gasteiger partial charge in [0, 0.05) is 10.6 Å². The van der Waals surface area contributed by atoms with E-state index < -0.39 is 0 Å². The van der Waals surface area contributed by atoms with Crippen LogP contribution in [0.3, 0.4) is 0 Å².